The molecule has 0 amide bonds. The number of benzene rings is 1. The summed E-state index contributed by atoms with van der Waals surface area (Å²) in [5, 5.41) is 4.73. The van der Waals surface area contributed by atoms with E-state index in [1.54, 1.807) is 0 Å². The van der Waals surface area contributed by atoms with Crippen molar-refractivity contribution < 1.29 is 0 Å². The topological polar surface area (TPSA) is 15.3 Å². The molecule has 18 heavy (non-hydrogen) atoms. The summed E-state index contributed by atoms with van der Waals surface area (Å²) in [6.45, 7) is 10.7. The predicted molar refractivity (Wildman–Crippen MR) is 80.6 cm³/mol. The van der Waals surface area contributed by atoms with Gasteiger partial charge in [0.2, 0.25) is 0 Å². The fourth-order valence-corrected chi connectivity index (χ4v) is 2.20. The molecule has 0 aliphatic heterocycles. The van der Waals surface area contributed by atoms with Crippen LogP contribution in [0.3, 0.4) is 0 Å². The fourth-order valence-electron chi connectivity index (χ4n) is 1.88. The van der Waals surface area contributed by atoms with Crippen LogP contribution in [0.15, 0.2) is 18.2 Å². The summed E-state index contributed by atoms with van der Waals surface area (Å²) in [5.41, 5.74) is 1.16. The summed E-state index contributed by atoms with van der Waals surface area (Å²) >= 11 is 11.9. The molecule has 1 aromatic carbocycles. The SMILES string of the molecule is CCN(CC)CC(C)NCc1ccc(Cl)c(Cl)c1. The van der Waals surface area contributed by atoms with E-state index >= 15 is 0 Å². The maximum atomic E-state index is 5.99. The predicted octanol–water partition coefficient (Wildman–Crippen LogP) is 3.81. The Morgan fingerprint density at radius 3 is 2.39 bits per heavy atom. The Morgan fingerprint density at radius 2 is 1.83 bits per heavy atom. The Morgan fingerprint density at radius 1 is 1.17 bits per heavy atom. The fraction of sp³-hybridized carbons (Fsp3) is 0.571. The first kappa shape index (κ1) is 15.8. The highest BCUT2D eigenvalue weighted by Gasteiger charge is 2.07. The molecule has 0 aromatic heterocycles. The average molecular weight is 289 g/mol. The van der Waals surface area contributed by atoms with Crippen molar-refractivity contribution in [3.05, 3.63) is 33.8 Å². The number of nitrogens with one attached hydrogen (secondary N) is 1. The first-order valence-corrected chi connectivity index (χ1v) is 7.22. The van der Waals surface area contributed by atoms with Gasteiger partial charge in [0.25, 0.3) is 0 Å². The van der Waals surface area contributed by atoms with Crippen molar-refractivity contribution in [2.24, 2.45) is 0 Å². The minimum absolute atomic E-state index is 0.458. The van der Waals surface area contributed by atoms with Crippen molar-refractivity contribution in [3.8, 4) is 0 Å². The lowest BCUT2D eigenvalue weighted by Gasteiger charge is -2.23. The molecule has 1 N–H and O–H groups in total. The van der Waals surface area contributed by atoms with E-state index in [9.17, 15) is 0 Å². The number of hydrogen-bond acceptors (Lipinski definition) is 2. The lowest BCUT2D eigenvalue weighted by atomic mass is 10.2. The number of nitrogens with zero attached hydrogens (tertiary/aromatic N) is 1. The first-order chi connectivity index (χ1) is 8.56. The summed E-state index contributed by atoms with van der Waals surface area (Å²) in [4.78, 5) is 2.41. The van der Waals surface area contributed by atoms with Gasteiger partial charge in [-0.1, -0.05) is 43.1 Å². The van der Waals surface area contributed by atoms with Gasteiger partial charge in [0, 0.05) is 19.1 Å². The summed E-state index contributed by atoms with van der Waals surface area (Å²) in [7, 11) is 0. The van der Waals surface area contributed by atoms with Gasteiger partial charge in [0.1, 0.15) is 0 Å². The molecule has 1 aromatic rings. The highest BCUT2D eigenvalue weighted by Crippen LogP contribution is 2.22. The van der Waals surface area contributed by atoms with Gasteiger partial charge >= 0.3 is 0 Å². The number of likely N-dealkylation sites (N-methyl/N-ethyl adjacent to an activating group) is 1. The standard InChI is InChI=1S/C14H22Cl2N2/c1-4-18(5-2)10-11(3)17-9-12-6-7-13(15)14(16)8-12/h6-8,11,17H,4-5,9-10H2,1-3H3. The van der Waals surface area contributed by atoms with Crippen LogP contribution in [-0.4, -0.2) is 30.6 Å². The summed E-state index contributed by atoms with van der Waals surface area (Å²) in [5.74, 6) is 0. The molecule has 0 aliphatic rings. The Labute approximate surface area is 120 Å². The third-order valence-electron chi connectivity index (χ3n) is 3.07. The Hall–Kier alpha value is -0.280. The van der Waals surface area contributed by atoms with E-state index in [0.717, 1.165) is 31.7 Å². The van der Waals surface area contributed by atoms with Gasteiger partial charge in [-0.3, -0.25) is 0 Å². The van der Waals surface area contributed by atoms with Gasteiger partial charge in [-0.2, -0.15) is 0 Å². The van der Waals surface area contributed by atoms with Gasteiger partial charge in [-0.05, 0) is 37.7 Å². The van der Waals surface area contributed by atoms with Crippen molar-refractivity contribution in [1.29, 1.82) is 0 Å². The van der Waals surface area contributed by atoms with Crippen molar-refractivity contribution in [2.75, 3.05) is 19.6 Å². The van der Waals surface area contributed by atoms with Crippen LogP contribution in [0.5, 0.6) is 0 Å². The van der Waals surface area contributed by atoms with Crippen LogP contribution in [0.2, 0.25) is 10.0 Å². The number of hydrogen-bond donors (Lipinski definition) is 1. The normalized spacial score (nSPS) is 13.0. The molecule has 0 bridgehead atoms. The zero-order valence-corrected chi connectivity index (χ0v) is 12.9. The van der Waals surface area contributed by atoms with E-state index < -0.39 is 0 Å². The van der Waals surface area contributed by atoms with E-state index in [4.69, 9.17) is 23.2 Å². The molecule has 102 valence electrons. The zero-order valence-electron chi connectivity index (χ0n) is 11.3. The van der Waals surface area contributed by atoms with E-state index in [0.29, 0.717) is 16.1 Å². The molecule has 0 heterocycles. The molecule has 0 saturated carbocycles. The monoisotopic (exact) mass is 288 g/mol. The second-order valence-corrected chi connectivity index (χ2v) is 5.33. The molecule has 0 aliphatic carbocycles. The van der Waals surface area contributed by atoms with Crippen LogP contribution < -0.4 is 5.32 Å². The van der Waals surface area contributed by atoms with Crippen LogP contribution in [0.4, 0.5) is 0 Å². The van der Waals surface area contributed by atoms with Gasteiger partial charge in [0.05, 0.1) is 10.0 Å². The van der Waals surface area contributed by atoms with Crippen molar-refractivity contribution >= 4 is 23.2 Å². The van der Waals surface area contributed by atoms with Crippen LogP contribution >= 0.6 is 23.2 Å². The third kappa shape index (κ3) is 5.15. The van der Waals surface area contributed by atoms with E-state index in [-0.39, 0.29) is 0 Å². The summed E-state index contributed by atoms with van der Waals surface area (Å²) in [6.07, 6.45) is 0. The van der Waals surface area contributed by atoms with Gasteiger partial charge in [-0.15, -0.1) is 0 Å². The highest BCUT2D eigenvalue weighted by molar-refractivity contribution is 6.42. The lowest BCUT2D eigenvalue weighted by Crippen LogP contribution is -2.38. The van der Waals surface area contributed by atoms with E-state index in [2.05, 4.69) is 31.0 Å². The van der Waals surface area contributed by atoms with Gasteiger partial charge < -0.3 is 10.2 Å². The second kappa shape index (κ2) is 8.00. The molecule has 1 rings (SSSR count). The van der Waals surface area contributed by atoms with Crippen molar-refractivity contribution in [3.63, 3.8) is 0 Å². The molecule has 1 atom stereocenters. The third-order valence-corrected chi connectivity index (χ3v) is 3.80. The molecular formula is C14H22Cl2N2. The van der Waals surface area contributed by atoms with Crippen LogP contribution in [0.25, 0.3) is 0 Å². The first-order valence-electron chi connectivity index (χ1n) is 6.46. The van der Waals surface area contributed by atoms with Crippen LogP contribution in [0, 0.1) is 0 Å². The quantitative estimate of drug-likeness (QED) is 0.821. The molecule has 0 fully saturated rings. The Bertz CT molecular complexity index is 365. The number of halogens is 2. The second-order valence-electron chi connectivity index (χ2n) is 4.52. The molecular weight excluding hydrogens is 267 g/mol. The highest BCUT2D eigenvalue weighted by atomic mass is 35.5. The van der Waals surface area contributed by atoms with E-state index in [1.807, 2.05) is 18.2 Å². The molecule has 0 spiro atoms. The molecule has 0 radical (unpaired) electrons. The van der Waals surface area contributed by atoms with E-state index in [1.165, 1.54) is 0 Å². The van der Waals surface area contributed by atoms with Crippen LogP contribution in [0.1, 0.15) is 26.3 Å². The van der Waals surface area contributed by atoms with Crippen molar-refractivity contribution in [1.82, 2.24) is 10.2 Å². The number of rotatable bonds is 7. The molecule has 1 unspecified atom stereocenters. The lowest BCUT2D eigenvalue weighted by molar-refractivity contribution is 0.270. The van der Waals surface area contributed by atoms with Crippen LogP contribution in [-0.2, 0) is 6.54 Å². The van der Waals surface area contributed by atoms with Crippen molar-refractivity contribution in [2.45, 2.75) is 33.4 Å². The minimum atomic E-state index is 0.458. The maximum Gasteiger partial charge on any atom is 0.0595 e. The molecule has 0 saturated heterocycles. The largest absolute Gasteiger partial charge is 0.309 e. The van der Waals surface area contributed by atoms with Gasteiger partial charge in [-0.25, -0.2) is 0 Å². The Balaban J connectivity index is 2.42. The maximum absolute atomic E-state index is 5.99. The molecule has 4 heteroatoms. The van der Waals surface area contributed by atoms with Gasteiger partial charge in [0.15, 0.2) is 0 Å². The average Bonchev–Trinajstić information content (AvgIpc) is 2.37. The summed E-state index contributed by atoms with van der Waals surface area (Å²) < 4.78 is 0. The zero-order chi connectivity index (χ0) is 13.5. The smallest absolute Gasteiger partial charge is 0.0595 e. The summed E-state index contributed by atoms with van der Waals surface area (Å²) in [6, 6.07) is 6.22. The minimum Gasteiger partial charge on any atom is -0.309 e. The molecule has 2 nitrogen and oxygen atoms in total. The Kier molecular flexibility index (Phi) is 7.02.